The summed E-state index contributed by atoms with van der Waals surface area (Å²) in [5.41, 5.74) is 13.3. The van der Waals surface area contributed by atoms with Gasteiger partial charge in [-0.15, -0.1) is 0 Å². The van der Waals surface area contributed by atoms with Gasteiger partial charge in [0.15, 0.2) is 0 Å². The first-order valence-corrected chi connectivity index (χ1v) is 18.3. The minimum Gasteiger partial charge on any atom is -0.0622 e. The fourth-order valence-electron chi connectivity index (χ4n) is 10.1. The SMILES string of the molecule is c1ccc(-c2c3c(cc4ccc5c6cc7c(cc6ccc5c24)-c2cc4ccccc4c4cccc-7c24)-c2cc4ccccc4c4cccc-3c24)cc1. The van der Waals surface area contributed by atoms with E-state index in [9.17, 15) is 0 Å². The van der Waals surface area contributed by atoms with Gasteiger partial charge in [-0.2, -0.15) is 0 Å². The van der Waals surface area contributed by atoms with Crippen molar-refractivity contribution >= 4 is 75.4 Å². The Kier molecular flexibility index (Phi) is 4.94. The highest BCUT2D eigenvalue weighted by Crippen LogP contribution is 2.56. The van der Waals surface area contributed by atoms with Crippen molar-refractivity contribution in [3.05, 3.63) is 170 Å². The van der Waals surface area contributed by atoms with Crippen molar-refractivity contribution in [2.24, 2.45) is 0 Å². The Bertz CT molecular complexity index is 3440. The van der Waals surface area contributed by atoms with E-state index in [0.29, 0.717) is 0 Å². The topological polar surface area (TPSA) is 0 Å². The van der Waals surface area contributed by atoms with Gasteiger partial charge in [0.05, 0.1) is 0 Å². The molecule has 0 fully saturated rings. The molecule has 0 amide bonds. The standard InChI is InChI=1S/C52H28/c1-2-10-29(11-3-1)49-48-33(27-47-46-26-31-13-5-7-15-35(31)38-17-9-19-41(51(38)46)52(47)49)21-22-36-40(48)23-20-32-24-43-44(28-42(32)36)39-18-8-16-37-34-14-6-4-12-30(34)25-45(43)50(37)39/h1-28H. The molecule has 0 heterocycles. The van der Waals surface area contributed by atoms with Crippen LogP contribution in [0.5, 0.6) is 0 Å². The van der Waals surface area contributed by atoms with Gasteiger partial charge in [0, 0.05) is 0 Å². The van der Waals surface area contributed by atoms with Gasteiger partial charge in [0.1, 0.15) is 0 Å². The van der Waals surface area contributed by atoms with Crippen LogP contribution < -0.4 is 0 Å². The maximum atomic E-state index is 2.48. The smallest absolute Gasteiger partial charge is 0.00134 e. The van der Waals surface area contributed by atoms with Crippen molar-refractivity contribution in [1.82, 2.24) is 0 Å². The maximum Gasteiger partial charge on any atom is -0.00134 e. The second-order valence-electron chi connectivity index (χ2n) is 14.7. The molecule has 0 aliphatic heterocycles. The Morgan fingerprint density at radius 3 is 1.50 bits per heavy atom. The highest BCUT2D eigenvalue weighted by atomic mass is 14.3. The monoisotopic (exact) mass is 652 g/mol. The molecule has 11 aromatic rings. The molecule has 0 radical (unpaired) electrons. The summed E-state index contributed by atoms with van der Waals surface area (Å²) in [5.74, 6) is 0. The molecule has 13 rings (SSSR count). The number of hydrogen-bond acceptors (Lipinski definition) is 0. The predicted molar refractivity (Wildman–Crippen MR) is 223 cm³/mol. The van der Waals surface area contributed by atoms with Crippen molar-refractivity contribution < 1.29 is 0 Å². The van der Waals surface area contributed by atoms with Crippen LogP contribution in [0.25, 0.3) is 131 Å². The molecule has 52 heavy (non-hydrogen) atoms. The molecule has 0 nitrogen and oxygen atoms in total. The van der Waals surface area contributed by atoms with Crippen molar-refractivity contribution in [1.29, 1.82) is 0 Å². The number of rotatable bonds is 1. The zero-order valence-electron chi connectivity index (χ0n) is 28.2. The van der Waals surface area contributed by atoms with Gasteiger partial charge in [0.25, 0.3) is 0 Å². The summed E-state index contributed by atoms with van der Waals surface area (Å²) >= 11 is 0. The van der Waals surface area contributed by atoms with E-state index in [1.54, 1.807) is 0 Å². The van der Waals surface area contributed by atoms with E-state index in [-0.39, 0.29) is 0 Å². The minimum absolute atomic E-state index is 1.26. The summed E-state index contributed by atoms with van der Waals surface area (Å²) < 4.78 is 0. The minimum atomic E-state index is 1.26. The number of benzene rings is 11. The Morgan fingerprint density at radius 2 is 0.731 bits per heavy atom. The van der Waals surface area contributed by atoms with E-state index >= 15 is 0 Å². The lowest BCUT2D eigenvalue weighted by atomic mass is 9.85. The zero-order chi connectivity index (χ0) is 33.7. The maximum absolute atomic E-state index is 2.48. The van der Waals surface area contributed by atoms with E-state index in [0.717, 1.165) is 0 Å². The average molecular weight is 653 g/mol. The molecule has 2 aliphatic carbocycles. The van der Waals surface area contributed by atoms with Crippen LogP contribution >= 0.6 is 0 Å². The first-order valence-electron chi connectivity index (χ1n) is 18.3. The first kappa shape index (κ1) is 27.0. The molecule has 0 heteroatoms. The molecule has 0 bridgehead atoms. The fraction of sp³-hybridized carbons (Fsp3) is 0. The Morgan fingerprint density at radius 1 is 0.212 bits per heavy atom. The van der Waals surface area contributed by atoms with E-state index < -0.39 is 0 Å². The third-order valence-corrected chi connectivity index (χ3v) is 12.2. The van der Waals surface area contributed by atoms with E-state index in [1.807, 2.05) is 0 Å². The van der Waals surface area contributed by atoms with Crippen LogP contribution in [0.4, 0.5) is 0 Å². The molecule has 0 saturated heterocycles. The third kappa shape index (κ3) is 3.29. The van der Waals surface area contributed by atoms with Gasteiger partial charge in [0.2, 0.25) is 0 Å². The van der Waals surface area contributed by atoms with Crippen LogP contribution in [0.2, 0.25) is 0 Å². The quantitative estimate of drug-likeness (QED) is 0.155. The number of hydrogen-bond donors (Lipinski definition) is 0. The lowest BCUT2D eigenvalue weighted by molar-refractivity contribution is 1.66. The zero-order valence-corrected chi connectivity index (χ0v) is 28.2. The van der Waals surface area contributed by atoms with Crippen LogP contribution in [-0.2, 0) is 0 Å². The third-order valence-electron chi connectivity index (χ3n) is 12.2. The lowest BCUT2D eigenvalue weighted by Gasteiger charge is -2.18. The molecule has 236 valence electrons. The molecule has 0 saturated carbocycles. The first-order chi connectivity index (χ1) is 25.8. The van der Waals surface area contributed by atoms with Gasteiger partial charge >= 0.3 is 0 Å². The van der Waals surface area contributed by atoms with Gasteiger partial charge in [-0.1, -0.05) is 140 Å². The average Bonchev–Trinajstić information content (AvgIpc) is 3.69. The molecular formula is C52H28. The summed E-state index contributed by atoms with van der Waals surface area (Å²) in [5, 5.41) is 18.5. The van der Waals surface area contributed by atoms with Gasteiger partial charge in [-0.05, 0) is 161 Å². The van der Waals surface area contributed by atoms with Gasteiger partial charge in [-0.3, -0.25) is 0 Å². The second-order valence-corrected chi connectivity index (χ2v) is 14.7. The van der Waals surface area contributed by atoms with Crippen molar-refractivity contribution in [2.75, 3.05) is 0 Å². The molecule has 0 N–H and O–H groups in total. The molecule has 2 aliphatic rings. The summed E-state index contributed by atoms with van der Waals surface area (Å²) in [6.45, 7) is 0. The van der Waals surface area contributed by atoms with Crippen LogP contribution in [0.15, 0.2) is 170 Å². The van der Waals surface area contributed by atoms with Gasteiger partial charge < -0.3 is 0 Å². The van der Waals surface area contributed by atoms with Crippen molar-refractivity contribution in [2.45, 2.75) is 0 Å². The molecule has 0 unspecified atom stereocenters. The molecular weight excluding hydrogens is 625 g/mol. The largest absolute Gasteiger partial charge is 0.0622 e. The summed E-state index contributed by atoms with van der Waals surface area (Å²) in [4.78, 5) is 0. The summed E-state index contributed by atoms with van der Waals surface area (Å²) in [6.07, 6.45) is 0. The predicted octanol–water partition coefficient (Wildman–Crippen LogP) is 14.7. The van der Waals surface area contributed by atoms with E-state index in [4.69, 9.17) is 0 Å². The van der Waals surface area contributed by atoms with Crippen LogP contribution in [0.3, 0.4) is 0 Å². The molecule has 0 spiro atoms. The van der Waals surface area contributed by atoms with Crippen LogP contribution in [0, 0.1) is 0 Å². The Hall–Kier alpha value is -6.76. The fourth-order valence-corrected chi connectivity index (χ4v) is 10.1. The molecule has 0 atom stereocenters. The van der Waals surface area contributed by atoms with Crippen molar-refractivity contribution in [3.63, 3.8) is 0 Å². The normalized spacial score (nSPS) is 12.6. The highest BCUT2D eigenvalue weighted by molar-refractivity contribution is 6.32. The molecule has 11 aromatic carbocycles. The van der Waals surface area contributed by atoms with Crippen LogP contribution in [-0.4, -0.2) is 0 Å². The van der Waals surface area contributed by atoms with E-state index in [1.165, 1.54) is 131 Å². The Labute approximate surface area is 299 Å². The lowest BCUT2D eigenvalue weighted by Crippen LogP contribution is -1.91. The summed E-state index contributed by atoms with van der Waals surface area (Å²) in [6, 6.07) is 64.2. The van der Waals surface area contributed by atoms with E-state index in [2.05, 4.69) is 170 Å². The Balaban J connectivity index is 1.15. The second kappa shape index (κ2) is 9.51. The molecule has 0 aromatic heterocycles. The van der Waals surface area contributed by atoms with Crippen molar-refractivity contribution in [3.8, 4) is 55.6 Å². The highest BCUT2D eigenvalue weighted by Gasteiger charge is 2.29. The number of fused-ring (bicyclic) bond motifs is 15. The van der Waals surface area contributed by atoms with Gasteiger partial charge in [-0.25, -0.2) is 0 Å². The van der Waals surface area contributed by atoms with Crippen LogP contribution in [0.1, 0.15) is 0 Å². The summed E-state index contributed by atoms with van der Waals surface area (Å²) in [7, 11) is 0.